The SMILES string of the molecule is CC(NC(C)C(F)F)c1ccc2[nH]c(=O)[nH]c2c1. The summed E-state index contributed by atoms with van der Waals surface area (Å²) >= 11 is 0. The van der Waals surface area contributed by atoms with Crippen LogP contribution >= 0.6 is 0 Å². The van der Waals surface area contributed by atoms with Gasteiger partial charge in [-0.05, 0) is 31.5 Å². The first kappa shape index (κ1) is 12.8. The van der Waals surface area contributed by atoms with Crippen molar-refractivity contribution in [3.05, 3.63) is 34.2 Å². The third kappa shape index (κ3) is 2.59. The van der Waals surface area contributed by atoms with E-state index < -0.39 is 12.5 Å². The van der Waals surface area contributed by atoms with E-state index in [-0.39, 0.29) is 11.7 Å². The third-order valence-corrected chi connectivity index (χ3v) is 2.93. The van der Waals surface area contributed by atoms with Crippen molar-refractivity contribution in [2.75, 3.05) is 0 Å². The number of hydrogen-bond donors (Lipinski definition) is 3. The second-order valence-electron chi connectivity index (χ2n) is 4.40. The molecule has 2 aromatic rings. The highest BCUT2D eigenvalue weighted by Gasteiger charge is 2.17. The summed E-state index contributed by atoms with van der Waals surface area (Å²) in [6.07, 6.45) is -2.40. The third-order valence-electron chi connectivity index (χ3n) is 2.93. The maximum atomic E-state index is 12.4. The Bertz CT molecular complexity index is 590. The lowest BCUT2D eigenvalue weighted by Gasteiger charge is -2.19. The van der Waals surface area contributed by atoms with Gasteiger partial charge in [0.05, 0.1) is 17.1 Å². The van der Waals surface area contributed by atoms with Gasteiger partial charge >= 0.3 is 5.69 Å². The number of aromatic amines is 2. The lowest BCUT2D eigenvalue weighted by molar-refractivity contribution is 0.101. The maximum Gasteiger partial charge on any atom is 0.323 e. The van der Waals surface area contributed by atoms with Crippen LogP contribution in [-0.4, -0.2) is 22.4 Å². The van der Waals surface area contributed by atoms with E-state index in [1.54, 1.807) is 12.1 Å². The zero-order chi connectivity index (χ0) is 13.3. The van der Waals surface area contributed by atoms with Crippen LogP contribution in [0.4, 0.5) is 8.78 Å². The van der Waals surface area contributed by atoms with E-state index in [4.69, 9.17) is 0 Å². The summed E-state index contributed by atoms with van der Waals surface area (Å²) in [5.74, 6) is 0. The molecule has 2 atom stereocenters. The van der Waals surface area contributed by atoms with Gasteiger partial charge in [0.15, 0.2) is 0 Å². The standard InChI is InChI=1S/C12H15F2N3O/c1-6(15-7(2)11(13)14)8-3-4-9-10(5-8)17-12(18)16-9/h3-7,11,15H,1-2H3,(H2,16,17,18). The molecule has 2 rings (SSSR count). The fourth-order valence-electron chi connectivity index (χ4n) is 1.88. The minimum Gasteiger partial charge on any atom is -0.306 e. The van der Waals surface area contributed by atoms with Crippen LogP contribution < -0.4 is 11.0 Å². The Kier molecular flexibility index (Phi) is 3.47. The zero-order valence-corrected chi connectivity index (χ0v) is 10.1. The lowest BCUT2D eigenvalue weighted by atomic mass is 10.1. The predicted octanol–water partition coefficient (Wildman–Crippen LogP) is 2.16. The Balaban J connectivity index is 2.22. The van der Waals surface area contributed by atoms with Gasteiger partial charge in [-0.15, -0.1) is 0 Å². The van der Waals surface area contributed by atoms with Gasteiger partial charge in [-0.3, -0.25) is 0 Å². The van der Waals surface area contributed by atoms with Crippen molar-refractivity contribution in [1.29, 1.82) is 0 Å². The summed E-state index contributed by atoms with van der Waals surface area (Å²) in [6.45, 7) is 3.25. The number of rotatable bonds is 4. The summed E-state index contributed by atoms with van der Waals surface area (Å²) in [6, 6.07) is 4.26. The summed E-state index contributed by atoms with van der Waals surface area (Å²) < 4.78 is 24.9. The van der Waals surface area contributed by atoms with E-state index >= 15 is 0 Å². The molecule has 1 heterocycles. The molecule has 18 heavy (non-hydrogen) atoms. The van der Waals surface area contributed by atoms with Gasteiger partial charge in [-0.1, -0.05) is 6.07 Å². The average molecular weight is 255 g/mol. The molecular formula is C12H15F2N3O. The molecule has 2 unspecified atom stereocenters. The summed E-state index contributed by atoms with van der Waals surface area (Å²) in [5, 5.41) is 2.81. The van der Waals surface area contributed by atoms with Crippen LogP contribution in [0.15, 0.2) is 23.0 Å². The van der Waals surface area contributed by atoms with Crippen molar-refractivity contribution >= 4 is 11.0 Å². The van der Waals surface area contributed by atoms with E-state index in [1.807, 2.05) is 13.0 Å². The van der Waals surface area contributed by atoms with Crippen molar-refractivity contribution in [2.45, 2.75) is 32.4 Å². The average Bonchev–Trinajstić information content (AvgIpc) is 2.67. The van der Waals surface area contributed by atoms with Gasteiger partial charge < -0.3 is 15.3 Å². The summed E-state index contributed by atoms with van der Waals surface area (Å²) in [4.78, 5) is 16.4. The summed E-state index contributed by atoms with van der Waals surface area (Å²) in [5.41, 5.74) is 1.96. The Morgan fingerprint density at radius 3 is 2.50 bits per heavy atom. The largest absolute Gasteiger partial charge is 0.323 e. The molecule has 0 bridgehead atoms. The van der Waals surface area contributed by atoms with Crippen molar-refractivity contribution in [3.63, 3.8) is 0 Å². The smallest absolute Gasteiger partial charge is 0.306 e. The summed E-state index contributed by atoms with van der Waals surface area (Å²) in [7, 11) is 0. The van der Waals surface area contributed by atoms with Crippen molar-refractivity contribution in [3.8, 4) is 0 Å². The predicted molar refractivity (Wildman–Crippen MR) is 65.9 cm³/mol. The normalized spacial score (nSPS) is 15.2. The number of imidazole rings is 1. The van der Waals surface area contributed by atoms with E-state index in [9.17, 15) is 13.6 Å². The quantitative estimate of drug-likeness (QED) is 0.784. The first-order valence-electron chi connectivity index (χ1n) is 5.73. The number of benzene rings is 1. The molecule has 0 saturated heterocycles. The van der Waals surface area contributed by atoms with E-state index in [2.05, 4.69) is 15.3 Å². The van der Waals surface area contributed by atoms with Crippen molar-refractivity contribution in [2.24, 2.45) is 0 Å². The Labute approximate surface area is 102 Å². The number of aromatic nitrogens is 2. The number of nitrogens with one attached hydrogen (secondary N) is 3. The number of fused-ring (bicyclic) bond motifs is 1. The minimum absolute atomic E-state index is 0.211. The molecule has 0 aliphatic rings. The Morgan fingerprint density at radius 1 is 1.17 bits per heavy atom. The first-order valence-corrected chi connectivity index (χ1v) is 5.73. The molecular weight excluding hydrogens is 240 g/mol. The zero-order valence-electron chi connectivity index (χ0n) is 10.1. The fourth-order valence-corrected chi connectivity index (χ4v) is 1.88. The molecule has 0 aliphatic heterocycles. The van der Waals surface area contributed by atoms with Gasteiger partial charge in [-0.25, -0.2) is 13.6 Å². The van der Waals surface area contributed by atoms with Crippen LogP contribution in [0.1, 0.15) is 25.5 Å². The lowest BCUT2D eigenvalue weighted by Crippen LogP contribution is -2.34. The van der Waals surface area contributed by atoms with Gasteiger partial charge in [0.2, 0.25) is 0 Å². The maximum absolute atomic E-state index is 12.4. The molecule has 0 spiro atoms. The molecule has 0 amide bonds. The molecule has 6 heteroatoms. The second kappa shape index (κ2) is 4.89. The molecule has 98 valence electrons. The molecule has 4 nitrogen and oxygen atoms in total. The van der Waals surface area contributed by atoms with Crippen LogP contribution in [-0.2, 0) is 0 Å². The van der Waals surface area contributed by atoms with Crippen LogP contribution in [0.2, 0.25) is 0 Å². The molecule has 0 saturated carbocycles. The van der Waals surface area contributed by atoms with Crippen LogP contribution in [0.3, 0.4) is 0 Å². The molecule has 0 radical (unpaired) electrons. The molecule has 1 aromatic carbocycles. The van der Waals surface area contributed by atoms with Gasteiger partial charge in [0.1, 0.15) is 0 Å². The van der Waals surface area contributed by atoms with Crippen LogP contribution in [0.5, 0.6) is 0 Å². The molecule has 1 aromatic heterocycles. The van der Waals surface area contributed by atoms with Gasteiger partial charge in [0.25, 0.3) is 6.43 Å². The molecule has 3 N–H and O–H groups in total. The van der Waals surface area contributed by atoms with Gasteiger partial charge in [0, 0.05) is 6.04 Å². The van der Waals surface area contributed by atoms with E-state index in [0.29, 0.717) is 11.0 Å². The Hall–Kier alpha value is -1.69. The monoisotopic (exact) mass is 255 g/mol. The first-order chi connectivity index (χ1) is 8.47. The van der Waals surface area contributed by atoms with Crippen molar-refractivity contribution in [1.82, 2.24) is 15.3 Å². The van der Waals surface area contributed by atoms with E-state index in [0.717, 1.165) is 5.56 Å². The second-order valence-corrected chi connectivity index (χ2v) is 4.40. The minimum atomic E-state index is -2.40. The topological polar surface area (TPSA) is 60.7 Å². The Morgan fingerprint density at radius 2 is 1.83 bits per heavy atom. The number of H-pyrrole nitrogens is 2. The van der Waals surface area contributed by atoms with Crippen molar-refractivity contribution < 1.29 is 8.78 Å². The highest BCUT2D eigenvalue weighted by Crippen LogP contribution is 2.18. The highest BCUT2D eigenvalue weighted by molar-refractivity contribution is 5.75. The van der Waals surface area contributed by atoms with Crippen LogP contribution in [0, 0.1) is 0 Å². The molecule has 0 aliphatic carbocycles. The fraction of sp³-hybridized carbons (Fsp3) is 0.417. The number of hydrogen-bond acceptors (Lipinski definition) is 2. The van der Waals surface area contributed by atoms with Crippen LogP contribution in [0.25, 0.3) is 11.0 Å². The number of alkyl halides is 2. The van der Waals surface area contributed by atoms with E-state index in [1.165, 1.54) is 6.92 Å². The van der Waals surface area contributed by atoms with Gasteiger partial charge in [-0.2, -0.15) is 0 Å². The highest BCUT2D eigenvalue weighted by atomic mass is 19.3. The molecule has 0 fully saturated rings. The number of halogens is 2.